The zero-order chi connectivity index (χ0) is 16.8. The van der Waals surface area contributed by atoms with Crippen LogP contribution in [0.4, 0.5) is 19.3 Å². The third kappa shape index (κ3) is 3.14. The van der Waals surface area contributed by atoms with Crippen LogP contribution in [-0.2, 0) is 10.3 Å². The van der Waals surface area contributed by atoms with Gasteiger partial charge in [-0.25, -0.2) is 13.6 Å². The number of ether oxygens (including phenoxy) is 2. The number of halogens is 2. The van der Waals surface area contributed by atoms with Crippen molar-refractivity contribution in [2.24, 2.45) is 5.73 Å². The number of rotatable bonds is 3. The fourth-order valence-corrected chi connectivity index (χ4v) is 2.15. The molecule has 0 aliphatic heterocycles. The molecule has 1 atom stereocenters. The Bertz CT molecular complexity index is 599. The number of hydrogen-bond donors (Lipinski definition) is 2. The smallest absolute Gasteiger partial charge is 0.412 e. The van der Waals surface area contributed by atoms with Crippen LogP contribution in [0.25, 0.3) is 0 Å². The van der Waals surface area contributed by atoms with Crippen molar-refractivity contribution in [1.82, 2.24) is 0 Å². The second-order valence-corrected chi connectivity index (χ2v) is 6.39. The molecule has 0 saturated heterocycles. The van der Waals surface area contributed by atoms with Crippen LogP contribution in [0.5, 0.6) is 5.75 Å². The van der Waals surface area contributed by atoms with Crippen molar-refractivity contribution in [2.45, 2.75) is 44.3 Å². The van der Waals surface area contributed by atoms with Crippen molar-refractivity contribution in [3.05, 3.63) is 23.8 Å². The molecule has 22 heavy (non-hydrogen) atoms. The third-order valence-electron chi connectivity index (χ3n) is 3.35. The van der Waals surface area contributed by atoms with Gasteiger partial charge in [0.1, 0.15) is 16.9 Å². The Balaban J connectivity index is 2.24. The van der Waals surface area contributed by atoms with Crippen LogP contribution < -0.4 is 15.8 Å². The molecule has 1 aliphatic rings. The third-order valence-corrected chi connectivity index (χ3v) is 3.35. The lowest BCUT2D eigenvalue weighted by Gasteiger charge is -2.21. The van der Waals surface area contributed by atoms with E-state index in [4.69, 9.17) is 15.2 Å². The maximum Gasteiger partial charge on any atom is 0.412 e. The van der Waals surface area contributed by atoms with Gasteiger partial charge in [0.15, 0.2) is 0 Å². The number of nitrogens with one attached hydrogen (secondary N) is 1. The van der Waals surface area contributed by atoms with Crippen molar-refractivity contribution in [1.29, 1.82) is 0 Å². The summed E-state index contributed by atoms with van der Waals surface area (Å²) in [5, 5.41) is 2.50. The molecule has 7 heteroatoms. The number of hydrogen-bond acceptors (Lipinski definition) is 4. The Hall–Kier alpha value is -1.89. The quantitative estimate of drug-likeness (QED) is 0.898. The molecule has 1 unspecified atom stereocenters. The largest absolute Gasteiger partial charge is 0.496 e. The summed E-state index contributed by atoms with van der Waals surface area (Å²) in [5.74, 6) is -2.72. The zero-order valence-corrected chi connectivity index (χ0v) is 13.0. The number of carbonyl (C=O) groups is 1. The highest BCUT2D eigenvalue weighted by Gasteiger charge is 2.70. The molecule has 1 aromatic carbocycles. The van der Waals surface area contributed by atoms with Crippen LogP contribution >= 0.6 is 0 Å². The first-order chi connectivity index (χ1) is 9.98. The maximum absolute atomic E-state index is 13.5. The van der Waals surface area contributed by atoms with Crippen LogP contribution in [0.3, 0.4) is 0 Å². The van der Waals surface area contributed by atoms with Gasteiger partial charge in [-0.2, -0.15) is 0 Å². The number of benzene rings is 1. The second kappa shape index (κ2) is 5.08. The highest BCUT2D eigenvalue weighted by Crippen LogP contribution is 2.59. The highest BCUT2D eigenvalue weighted by molar-refractivity contribution is 5.85. The van der Waals surface area contributed by atoms with Crippen molar-refractivity contribution in [3.8, 4) is 5.75 Å². The van der Waals surface area contributed by atoms with E-state index >= 15 is 0 Å². The van der Waals surface area contributed by atoms with Gasteiger partial charge < -0.3 is 15.2 Å². The number of alkyl halides is 2. The predicted octanol–water partition coefficient (Wildman–Crippen LogP) is 3.24. The monoisotopic (exact) mass is 314 g/mol. The molecule has 0 heterocycles. The Kier molecular flexibility index (Phi) is 3.81. The molecule has 1 aliphatic carbocycles. The minimum atomic E-state index is -2.98. The molecule has 1 fully saturated rings. The lowest BCUT2D eigenvalue weighted by Crippen LogP contribution is -2.29. The van der Waals surface area contributed by atoms with E-state index < -0.39 is 29.6 Å². The standard InChI is InChI=1S/C15H20F2N2O3/c1-13(2,3)22-12(20)19-9-5-6-11(21-4)10(7-9)14(18)8-15(14,16)17/h5-7H,8,18H2,1-4H3,(H,19,20). The van der Waals surface area contributed by atoms with Crippen molar-refractivity contribution in [3.63, 3.8) is 0 Å². The normalized spacial score (nSPS) is 22.9. The van der Waals surface area contributed by atoms with E-state index in [0.717, 1.165) is 0 Å². The lowest BCUT2D eigenvalue weighted by molar-refractivity contribution is 0.0636. The number of carbonyl (C=O) groups excluding carboxylic acids is 1. The summed E-state index contributed by atoms with van der Waals surface area (Å²) < 4.78 is 37.2. The summed E-state index contributed by atoms with van der Waals surface area (Å²) in [6, 6.07) is 4.42. The number of nitrogens with two attached hydrogens (primary N) is 1. The molecular weight excluding hydrogens is 294 g/mol. The molecule has 0 radical (unpaired) electrons. The number of amides is 1. The van der Waals surface area contributed by atoms with Crippen LogP contribution in [0, 0.1) is 0 Å². The van der Waals surface area contributed by atoms with Crippen molar-refractivity contribution < 1.29 is 23.0 Å². The van der Waals surface area contributed by atoms with E-state index in [1.54, 1.807) is 20.8 Å². The number of methoxy groups -OCH3 is 1. The maximum atomic E-state index is 13.5. The van der Waals surface area contributed by atoms with Crippen molar-refractivity contribution >= 4 is 11.8 Å². The molecule has 3 N–H and O–H groups in total. The van der Waals surface area contributed by atoms with E-state index in [0.29, 0.717) is 5.69 Å². The molecular formula is C15H20F2N2O3. The first-order valence-corrected chi connectivity index (χ1v) is 6.84. The highest BCUT2D eigenvalue weighted by atomic mass is 19.3. The van der Waals surface area contributed by atoms with Gasteiger partial charge in [0.05, 0.1) is 7.11 Å². The van der Waals surface area contributed by atoms with E-state index in [1.807, 2.05) is 0 Å². The Morgan fingerprint density at radius 1 is 1.36 bits per heavy atom. The zero-order valence-electron chi connectivity index (χ0n) is 13.0. The first kappa shape index (κ1) is 16.5. The SMILES string of the molecule is COc1ccc(NC(=O)OC(C)(C)C)cc1C1(N)CC1(F)F. The van der Waals surface area contributed by atoms with E-state index in [9.17, 15) is 13.6 Å². The van der Waals surface area contributed by atoms with Crippen molar-refractivity contribution in [2.75, 3.05) is 12.4 Å². The lowest BCUT2D eigenvalue weighted by atomic mass is 10.0. The van der Waals surface area contributed by atoms with Crippen LogP contribution in [0.2, 0.25) is 0 Å². The van der Waals surface area contributed by atoms with Gasteiger partial charge in [0, 0.05) is 17.7 Å². The summed E-state index contributed by atoms with van der Waals surface area (Å²) >= 11 is 0. The van der Waals surface area contributed by atoms with Gasteiger partial charge in [-0.3, -0.25) is 5.32 Å². The van der Waals surface area contributed by atoms with Gasteiger partial charge >= 0.3 is 6.09 Å². The summed E-state index contributed by atoms with van der Waals surface area (Å²) in [6.07, 6.45) is -1.12. The molecule has 0 aromatic heterocycles. The Labute approximate surface area is 127 Å². The fourth-order valence-electron chi connectivity index (χ4n) is 2.15. The van der Waals surface area contributed by atoms with Gasteiger partial charge in [-0.1, -0.05) is 0 Å². The predicted molar refractivity (Wildman–Crippen MR) is 78.3 cm³/mol. The minimum Gasteiger partial charge on any atom is -0.496 e. The molecule has 5 nitrogen and oxygen atoms in total. The molecule has 0 spiro atoms. The van der Waals surface area contributed by atoms with Crippen LogP contribution in [-0.4, -0.2) is 24.7 Å². The van der Waals surface area contributed by atoms with Gasteiger partial charge in [0.25, 0.3) is 5.92 Å². The van der Waals surface area contributed by atoms with Gasteiger partial charge in [0.2, 0.25) is 0 Å². The fraction of sp³-hybridized carbons (Fsp3) is 0.533. The van der Waals surface area contributed by atoms with E-state index in [2.05, 4.69) is 5.32 Å². The molecule has 1 amide bonds. The first-order valence-electron chi connectivity index (χ1n) is 6.84. The van der Waals surface area contributed by atoms with E-state index in [1.165, 1.54) is 25.3 Å². The number of anilines is 1. The summed E-state index contributed by atoms with van der Waals surface area (Å²) in [7, 11) is 1.38. The average Bonchev–Trinajstić information content (AvgIpc) is 2.87. The second-order valence-electron chi connectivity index (χ2n) is 6.39. The summed E-state index contributed by atoms with van der Waals surface area (Å²) in [5.41, 5.74) is 3.81. The van der Waals surface area contributed by atoms with Crippen LogP contribution in [0.15, 0.2) is 18.2 Å². The Morgan fingerprint density at radius 3 is 2.41 bits per heavy atom. The van der Waals surface area contributed by atoms with Gasteiger partial charge in [-0.05, 0) is 39.0 Å². The Morgan fingerprint density at radius 2 is 1.95 bits per heavy atom. The van der Waals surface area contributed by atoms with E-state index in [-0.39, 0.29) is 11.3 Å². The minimum absolute atomic E-state index is 0.161. The summed E-state index contributed by atoms with van der Waals surface area (Å²) in [4.78, 5) is 11.7. The topological polar surface area (TPSA) is 73.6 Å². The molecule has 2 rings (SSSR count). The van der Waals surface area contributed by atoms with Gasteiger partial charge in [-0.15, -0.1) is 0 Å². The van der Waals surface area contributed by atoms with Crippen LogP contribution in [0.1, 0.15) is 32.8 Å². The average molecular weight is 314 g/mol. The molecule has 1 aromatic rings. The molecule has 1 saturated carbocycles. The molecule has 122 valence electrons. The summed E-state index contributed by atoms with van der Waals surface area (Å²) in [6.45, 7) is 5.18. The molecule has 0 bridgehead atoms.